The number of hydrogen-bond acceptors (Lipinski definition) is 4. The first-order valence-electron chi connectivity index (χ1n) is 5.79. The predicted octanol–water partition coefficient (Wildman–Crippen LogP) is 1.49. The fourth-order valence-electron chi connectivity index (χ4n) is 1.86. The summed E-state index contributed by atoms with van der Waals surface area (Å²) in [6.45, 7) is 4.31. The Morgan fingerprint density at radius 1 is 1.41 bits per heavy atom. The summed E-state index contributed by atoms with van der Waals surface area (Å²) in [6.07, 6.45) is 3.29. The summed E-state index contributed by atoms with van der Waals surface area (Å²) in [7, 11) is 1.34. The van der Waals surface area contributed by atoms with Gasteiger partial charge in [0.15, 0.2) is 0 Å². The van der Waals surface area contributed by atoms with Gasteiger partial charge >= 0.3 is 12.1 Å². The van der Waals surface area contributed by atoms with Crippen LogP contribution in [0.5, 0.6) is 0 Å². The second kappa shape index (κ2) is 6.27. The minimum atomic E-state index is -0.537. The molecule has 0 spiro atoms. The number of hydrogen-bond donors (Lipinski definition) is 1. The number of esters is 1. The van der Waals surface area contributed by atoms with Gasteiger partial charge in [-0.25, -0.2) is 4.79 Å². The van der Waals surface area contributed by atoms with Gasteiger partial charge in [-0.15, -0.1) is 0 Å². The highest BCUT2D eigenvalue weighted by Crippen LogP contribution is 2.26. The van der Waals surface area contributed by atoms with Gasteiger partial charge in [-0.3, -0.25) is 4.79 Å². The molecule has 0 heterocycles. The number of rotatable bonds is 3. The second-order valence-electron chi connectivity index (χ2n) is 4.13. The van der Waals surface area contributed by atoms with Crippen LogP contribution in [0.1, 0.15) is 20.3 Å². The molecule has 5 heteroatoms. The number of nitrogens with one attached hydrogen (secondary N) is 1. The third-order valence-electron chi connectivity index (χ3n) is 2.72. The van der Waals surface area contributed by atoms with Crippen LogP contribution in [0, 0.1) is 11.8 Å². The van der Waals surface area contributed by atoms with Crippen molar-refractivity contribution in [1.82, 2.24) is 5.32 Å². The molecule has 0 radical (unpaired) electrons. The zero-order valence-electron chi connectivity index (χ0n) is 10.4. The standard InChI is InChI=1S/C12H19NO4/c1-4-13-12(15)17-10-6-5-8(2)7-9(10)11(14)16-3/h5-6,8-10H,4,7H2,1-3H3,(H,13,15)/t8-,9-,10+/m0/s1. The monoisotopic (exact) mass is 241 g/mol. The van der Waals surface area contributed by atoms with Crippen LogP contribution >= 0.6 is 0 Å². The molecule has 96 valence electrons. The average molecular weight is 241 g/mol. The molecular formula is C12H19NO4. The Balaban J connectivity index is 2.68. The first-order valence-corrected chi connectivity index (χ1v) is 5.79. The Kier molecular flexibility index (Phi) is 5.00. The van der Waals surface area contributed by atoms with Crippen molar-refractivity contribution in [2.24, 2.45) is 11.8 Å². The quantitative estimate of drug-likeness (QED) is 0.600. The SMILES string of the molecule is CCNC(=O)O[C@@H]1C=C[C@H](C)C[C@@H]1C(=O)OC. The topological polar surface area (TPSA) is 64.6 Å². The summed E-state index contributed by atoms with van der Waals surface area (Å²) in [4.78, 5) is 22.9. The summed E-state index contributed by atoms with van der Waals surface area (Å²) in [5, 5.41) is 2.53. The normalized spacial score (nSPS) is 27.4. The molecule has 0 aromatic heterocycles. The molecule has 17 heavy (non-hydrogen) atoms. The van der Waals surface area contributed by atoms with E-state index in [0.29, 0.717) is 13.0 Å². The molecule has 0 saturated carbocycles. The maximum Gasteiger partial charge on any atom is 0.407 e. The predicted molar refractivity (Wildman–Crippen MR) is 62.4 cm³/mol. The number of carbonyl (C=O) groups excluding carboxylic acids is 2. The van der Waals surface area contributed by atoms with E-state index in [-0.39, 0.29) is 11.9 Å². The summed E-state index contributed by atoms with van der Waals surface area (Å²) < 4.78 is 9.90. The first kappa shape index (κ1) is 13.5. The third-order valence-corrected chi connectivity index (χ3v) is 2.72. The molecule has 0 aliphatic heterocycles. The summed E-state index contributed by atoms with van der Waals surface area (Å²) in [5.74, 6) is -0.466. The lowest BCUT2D eigenvalue weighted by Crippen LogP contribution is -2.38. The van der Waals surface area contributed by atoms with E-state index in [0.717, 1.165) is 0 Å². The number of alkyl carbamates (subject to hydrolysis) is 1. The number of allylic oxidation sites excluding steroid dienone is 1. The van der Waals surface area contributed by atoms with Crippen LogP contribution in [0.25, 0.3) is 0 Å². The summed E-state index contributed by atoms with van der Waals surface area (Å²) >= 11 is 0. The van der Waals surface area contributed by atoms with Crippen LogP contribution < -0.4 is 5.32 Å². The largest absolute Gasteiger partial charge is 0.469 e. The summed E-state index contributed by atoms with van der Waals surface area (Å²) in [6, 6.07) is 0. The van der Waals surface area contributed by atoms with Crippen LogP contribution in [0.3, 0.4) is 0 Å². The highest BCUT2D eigenvalue weighted by Gasteiger charge is 2.34. The number of ether oxygens (including phenoxy) is 2. The van der Waals surface area contributed by atoms with Gasteiger partial charge in [-0.05, 0) is 25.3 Å². The zero-order valence-corrected chi connectivity index (χ0v) is 10.4. The molecule has 0 bridgehead atoms. The molecule has 1 amide bonds. The van der Waals surface area contributed by atoms with Crippen molar-refractivity contribution in [1.29, 1.82) is 0 Å². The molecule has 1 N–H and O–H groups in total. The van der Waals surface area contributed by atoms with Crippen LogP contribution in [0.15, 0.2) is 12.2 Å². The molecule has 0 saturated heterocycles. The van der Waals surface area contributed by atoms with Crippen LogP contribution in [-0.4, -0.2) is 31.8 Å². The van der Waals surface area contributed by atoms with Crippen molar-refractivity contribution in [2.45, 2.75) is 26.4 Å². The Labute approximate surface area is 101 Å². The van der Waals surface area contributed by atoms with Crippen LogP contribution in [0.2, 0.25) is 0 Å². The van der Waals surface area contributed by atoms with Gasteiger partial charge in [-0.1, -0.05) is 13.0 Å². The zero-order chi connectivity index (χ0) is 12.8. The second-order valence-corrected chi connectivity index (χ2v) is 4.13. The molecule has 0 aromatic rings. The van der Waals surface area contributed by atoms with E-state index in [1.165, 1.54) is 7.11 Å². The smallest absolute Gasteiger partial charge is 0.407 e. The molecular weight excluding hydrogens is 222 g/mol. The Bertz CT molecular complexity index is 314. The molecule has 0 aromatic carbocycles. The van der Waals surface area contributed by atoms with E-state index in [1.54, 1.807) is 13.0 Å². The van der Waals surface area contributed by atoms with E-state index in [1.807, 2.05) is 13.0 Å². The van der Waals surface area contributed by atoms with Gasteiger partial charge in [-0.2, -0.15) is 0 Å². The first-order chi connectivity index (χ1) is 8.08. The molecule has 0 unspecified atom stereocenters. The number of carbonyl (C=O) groups is 2. The van der Waals surface area contributed by atoms with Gasteiger partial charge < -0.3 is 14.8 Å². The molecule has 0 fully saturated rings. The Hall–Kier alpha value is -1.52. The van der Waals surface area contributed by atoms with E-state index in [2.05, 4.69) is 5.32 Å². The van der Waals surface area contributed by atoms with Crippen molar-refractivity contribution in [3.63, 3.8) is 0 Å². The molecule has 1 rings (SSSR count). The lowest BCUT2D eigenvalue weighted by molar-refractivity contribution is -0.149. The van der Waals surface area contributed by atoms with Crippen LogP contribution in [-0.2, 0) is 14.3 Å². The van der Waals surface area contributed by atoms with Crippen molar-refractivity contribution in [3.8, 4) is 0 Å². The maximum absolute atomic E-state index is 11.6. The van der Waals surface area contributed by atoms with E-state index < -0.39 is 18.1 Å². The fourth-order valence-corrected chi connectivity index (χ4v) is 1.86. The Morgan fingerprint density at radius 3 is 2.71 bits per heavy atom. The molecule has 5 nitrogen and oxygen atoms in total. The van der Waals surface area contributed by atoms with E-state index in [9.17, 15) is 9.59 Å². The van der Waals surface area contributed by atoms with Crippen molar-refractivity contribution in [2.75, 3.05) is 13.7 Å². The maximum atomic E-state index is 11.6. The van der Waals surface area contributed by atoms with Gasteiger partial charge in [0.25, 0.3) is 0 Å². The minimum Gasteiger partial charge on any atom is -0.469 e. The van der Waals surface area contributed by atoms with Crippen molar-refractivity contribution >= 4 is 12.1 Å². The fraction of sp³-hybridized carbons (Fsp3) is 0.667. The number of amides is 1. The van der Waals surface area contributed by atoms with Gasteiger partial charge in [0.05, 0.1) is 13.0 Å². The average Bonchev–Trinajstić information content (AvgIpc) is 2.30. The molecule has 1 aliphatic rings. The summed E-state index contributed by atoms with van der Waals surface area (Å²) in [5.41, 5.74) is 0. The van der Waals surface area contributed by atoms with Crippen LogP contribution in [0.4, 0.5) is 4.79 Å². The highest BCUT2D eigenvalue weighted by atomic mass is 16.6. The Morgan fingerprint density at radius 2 is 2.12 bits per heavy atom. The van der Waals surface area contributed by atoms with E-state index >= 15 is 0 Å². The van der Waals surface area contributed by atoms with E-state index in [4.69, 9.17) is 9.47 Å². The highest BCUT2D eigenvalue weighted by molar-refractivity contribution is 5.75. The molecule has 3 atom stereocenters. The van der Waals surface area contributed by atoms with Gasteiger partial charge in [0, 0.05) is 6.54 Å². The van der Waals surface area contributed by atoms with Crippen molar-refractivity contribution in [3.05, 3.63) is 12.2 Å². The van der Waals surface area contributed by atoms with Gasteiger partial charge in [0.2, 0.25) is 0 Å². The lowest BCUT2D eigenvalue weighted by Gasteiger charge is -2.28. The molecule has 1 aliphatic carbocycles. The lowest BCUT2D eigenvalue weighted by atomic mass is 9.85. The number of methoxy groups -OCH3 is 1. The van der Waals surface area contributed by atoms with Gasteiger partial charge in [0.1, 0.15) is 6.10 Å². The minimum absolute atomic E-state index is 0.285. The van der Waals surface area contributed by atoms with Crippen molar-refractivity contribution < 1.29 is 19.1 Å². The third kappa shape index (κ3) is 3.76.